The van der Waals surface area contributed by atoms with Crippen LogP contribution < -0.4 is 4.74 Å². The van der Waals surface area contributed by atoms with Crippen LogP contribution in [-0.4, -0.2) is 11.0 Å². The average molecular weight is 250 g/mol. The summed E-state index contributed by atoms with van der Waals surface area (Å²) < 4.78 is 10.8. The number of esters is 1. The Morgan fingerprint density at radius 2 is 1.89 bits per heavy atom. The Bertz CT molecular complexity index is 771. The fourth-order valence-corrected chi connectivity index (χ4v) is 2.21. The Morgan fingerprint density at radius 3 is 2.79 bits per heavy atom. The fraction of sp³-hybridized carbons (Fsp3) is 0. The zero-order chi connectivity index (χ0) is 12.8. The summed E-state index contributed by atoms with van der Waals surface area (Å²) in [7, 11) is 0. The van der Waals surface area contributed by atoms with Gasteiger partial charge in [-0.2, -0.15) is 0 Å². The molecule has 2 aromatic carbocycles. The quantitative estimate of drug-likeness (QED) is 0.492. The zero-order valence-electron chi connectivity index (χ0n) is 9.79. The number of nitrogens with zero attached hydrogens (tertiary/aromatic N) is 1. The minimum atomic E-state index is -0.362. The number of rotatable bonds is 1. The first kappa shape index (κ1) is 10.3. The van der Waals surface area contributed by atoms with Crippen molar-refractivity contribution in [2.24, 2.45) is 0 Å². The van der Waals surface area contributed by atoms with Crippen molar-refractivity contribution in [1.82, 2.24) is 4.98 Å². The summed E-state index contributed by atoms with van der Waals surface area (Å²) in [6, 6.07) is 13.0. The van der Waals surface area contributed by atoms with E-state index < -0.39 is 0 Å². The number of fused-ring (bicyclic) bond motifs is 2. The Balaban J connectivity index is 1.93. The Morgan fingerprint density at radius 1 is 1.00 bits per heavy atom. The molecule has 0 unspecified atom stereocenters. The molecular formula is C15H8NO3. The van der Waals surface area contributed by atoms with E-state index in [9.17, 15) is 4.79 Å². The molecule has 0 fully saturated rings. The van der Waals surface area contributed by atoms with Crippen LogP contribution in [0.5, 0.6) is 5.75 Å². The number of carbonyl (C=O) groups is 1. The van der Waals surface area contributed by atoms with E-state index in [1.165, 1.54) is 6.42 Å². The molecule has 1 aliphatic heterocycles. The van der Waals surface area contributed by atoms with Crippen LogP contribution in [0.4, 0.5) is 0 Å². The van der Waals surface area contributed by atoms with Crippen LogP contribution in [0, 0.1) is 6.42 Å². The molecule has 1 aliphatic rings. The van der Waals surface area contributed by atoms with Crippen LogP contribution >= 0.6 is 0 Å². The monoisotopic (exact) mass is 250 g/mol. The minimum absolute atomic E-state index is 0.362. The van der Waals surface area contributed by atoms with E-state index in [1.807, 2.05) is 36.4 Å². The van der Waals surface area contributed by atoms with Crippen molar-refractivity contribution < 1.29 is 13.9 Å². The van der Waals surface area contributed by atoms with E-state index in [0.717, 1.165) is 22.2 Å². The second-order valence-electron chi connectivity index (χ2n) is 4.27. The van der Waals surface area contributed by atoms with Gasteiger partial charge < -0.3 is 9.15 Å². The Hall–Kier alpha value is -2.62. The molecule has 0 saturated heterocycles. The summed E-state index contributed by atoms with van der Waals surface area (Å²) >= 11 is 0. The summed E-state index contributed by atoms with van der Waals surface area (Å²) in [5.41, 5.74) is 3.00. The second-order valence-corrected chi connectivity index (χ2v) is 4.27. The summed E-state index contributed by atoms with van der Waals surface area (Å²) in [6.45, 7) is 0. The normalized spacial score (nSPS) is 13.6. The number of benzene rings is 2. The Labute approximate surface area is 108 Å². The molecule has 3 aromatic rings. The van der Waals surface area contributed by atoms with Crippen molar-refractivity contribution in [2.45, 2.75) is 0 Å². The second kappa shape index (κ2) is 3.68. The smallest absolute Gasteiger partial charge is 0.320 e. The lowest BCUT2D eigenvalue weighted by atomic mass is 10.1. The molecular weight excluding hydrogens is 242 g/mol. The number of aromatic nitrogens is 1. The molecule has 1 aromatic heterocycles. The molecule has 4 nitrogen and oxygen atoms in total. The minimum Gasteiger partial charge on any atom is -0.436 e. The largest absolute Gasteiger partial charge is 0.436 e. The van der Waals surface area contributed by atoms with Gasteiger partial charge in [0.15, 0.2) is 5.58 Å². The summed E-state index contributed by atoms with van der Waals surface area (Å²) in [5.74, 6) is 0.677. The van der Waals surface area contributed by atoms with E-state index in [1.54, 1.807) is 6.07 Å². The average Bonchev–Trinajstić information content (AvgIpc) is 2.99. The van der Waals surface area contributed by atoms with Gasteiger partial charge in [-0.15, -0.1) is 0 Å². The van der Waals surface area contributed by atoms with E-state index in [-0.39, 0.29) is 5.97 Å². The van der Waals surface area contributed by atoms with Crippen molar-refractivity contribution in [3.05, 3.63) is 54.4 Å². The van der Waals surface area contributed by atoms with Gasteiger partial charge in [0.05, 0.1) is 0 Å². The van der Waals surface area contributed by atoms with Gasteiger partial charge in [0.25, 0.3) is 0 Å². The van der Waals surface area contributed by atoms with E-state index in [4.69, 9.17) is 9.15 Å². The molecule has 4 heteroatoms. The summed E-state index contributed by atoms with van der Waals surface area (Å²) in [6.07, 6.45) is 1.46. The number of hydrogen-bond acceptors (Lipinski definition) is 4. The standard InChI is InChI=1S/C15H8NO3/c17-14-8-10-9(4-3-7-12(10)18-14)15-16-11-5-1-2-6-13(11)19-15/h1-8H. The molecule has 4 rings (SSSR count). The maximum atomic E-state index is 11.3. The third-order valence-electron chi connectivity index (χ3n) is 3.06. The molecule has 0 saturated carbocycles. The highest BCUT2D eigenvalue weighted by atomic mass is 16.5. The van der Waals surface area contributed by atoms with Crippen molar-refractivity contribution >= 4 is 17.1 Å². The molecule has 91 valence electrons. The zero-order valence-corrected chi connectivity index (χ0v) is 9.79. The predicted octanol–water partition coefficient (Wildman–Crippen LogP) is 2.97. The van der Waals surface area contributed by atoms with Gasteiger partial charge in [-0.05, 0) is 24.3 Å². The maximum Gasteiger partial charge on any atom is 0.320 e. The van der Waals surface area contributed by atoms with Gasteiger partial charge in [-0.3, -0.25) is 4.79 Å². The van der Waals surface area contributed by atoms with E-state index in [2.05, 4.69) is 4.98 Å². The first-order chi connectivity index (χ1) is 9.31. The van der Waals surface area contributed by atoms with Crippen LogP contribution in [0.3, 0.4) is 0 Å². The van der Waals surface area contributed by atoms with Crippen LogP contribution in [0.1, 0.15) is 5.56 Å². The fourth-order valence-electron chi connectivity index (χ4n) is 2.21. The van der Waals surface area contributed by atoms with Crippen molar-refractivity contribution in [3.63, 3.8) is 0 Å². The molecule has 0 N–H and O–H groups in total. The van der Waals surface area contributed by atoms with Gasteiger partial charge in [0, 0.05) is 11.1 Å². The predicted molar refractivity (Wildman–Crippen MR) is 68.5 cm³/mol. The third kappa shape index (κ3) is 1.53. The first-order valence-corrected chi connectivity index (χ1v) is 5.87. The number of carbonyl (C=O) groups excluding carboxylic acids is 1. The van der Waals surface area contributed by atoms with Crippen LogP contribution in [-0.2, 0) is 4.79 Å². The van der Waals surface area contributed by atoms with Gasteiger partial charge >= 0.3 is 5.97 Å². The molecule has 0 amide bonds. The molecule has 0 aliphatic carbocycles. The van der Waals surface area contributed by atoms with Gasteiger partial charge in [-0.25, -0.2) is 4.98 Å². The summed E-state index contributed by atoms with van der Waals surface area (Å²) in [5, 5.41) is 0. The number of para-hydroxylation sites is 2. The number of oxazole rings is 1. The highest BCUT2D eigenvalue weighted by Crippen LogP contribution is 2.36. The molecule has 0 bridgehead atoms. The van der Waals surface area contributed by atoms with Crippen molar-refractivity contribution in [2.75, 3.05) is 0 Å². The highest BCUT2D eigenvalue weighted by molar-refractivity contribution is 5.94. The lowest BCUT2D eigenvalue weighted by Crippen LogP contribution is -1.98. The first-order valence-electron chi connectivity index (χ1n) is 5.87. The van der Waals surface area contributed by atoms with Gasteiger partial charge in [-0.1, -0.05) is 18.2 Å². The maximum absolute atomic E-state index is 11.3. The third-order valence-corrected chi connectivity index (χ3v) is 3.06. The van der Waals surface area contributed by atoms with Crippen LogP contribution in [0.15, 0.2) is 46.9 Å². The molecule has 0 spiro atoms. The van der Waals surface area contributed by atoms with Crippen molar-refractivity contribution in [3.8, 4) is 17.2 Å². The molecule has 0 atom stereocenters. The molecule has 2 heterocycles. The van der Waals surface area contributed by atoms with Gasteiger partial charge in [0.2, 0.25) is 5.89 Å². The van der Waals surface area contributed by atoms with E-state index in [0.29, 0.717) is 11.6 Å². The number of ether oxygens (including phenoxy) is 1. The Kier molecular flexibility index (Phi) is 2.00. The topological polar surface area (TPSA) is 52.3 Å². The lowest BCUT2D eigenvalue weighted by molar-refractivity contribution is -0.128. The van der Waals surface area contributed by atoms with Gasteiger partial charge in [0.1, 0.15) is 17.7 Å². The van der Waals surface area contributed by atoms with Crippen molar-refractivity contribution in [1.29, 1.82) is 0 Å². The lowest BCUT2D eigenvalue weighted by Gasteiger charge is -2.00. The molecule has 19 heavy (non-hydrogen) atoms. The SMILES string of the molecule is O=C1[CH]c2c(cccc2-c2nc3ccccc3o2)O1. The summed E-state index contributed by atoms with van der Waals surface area (Å²) in [4.78, 5) is 15.8. The van der Waals surface area contributed by atoms with Crippen LogP contribution in [0.2, 0.25) is 0 Å². The van der Waals surface area contributed by atoms with E-state index >= 15 is 0 Å². The van der Waals surface area contributed by atoms with Crippen LogP contribution in [0.25, 0.3) is 22.6 Å². The molecule has 1 radical (unpaired) electrons. The highest BCUT2D eigenvalue weighted by Gasteiger charge is 2.26. The number of hydrogen-bond donors (Lipinski definition) is 0.